The molecule has 1 heterocycles. The van der Waals surface area contributed by atoms with Crippen molar-refractivity contribution in [2.24, 2.45) is 0 Å². The van der Waals surface area contributed by atoms with Crippen molar-refractivity contribution in [3.8, 4) is 0 Å². The van der Waals surface area contributed by atoms with Crippen LogP contribution in [0, 0.1) is 13.8 Å². The first kappa shape index (κ1) is 27.5. The third-order valence-electron chi connectivity index (χ3n) is 6.33. The average Bonchev–Trinajstić information content (AvgIpc) is 2.81. The van der Waals surface area contributed by atoms with E-state index < -0.39 is 20.0 Å². The van der Waals surface area contributed by atoms with Gasteiger partial charge in [0.05, 0.1) is 9.79 Å². The van der Waals surface area contributed by atoms with Gasteiger partial charge in [0.1, 0.15) is 0 Å². The van der Waals surface area contributed by atoms with Gasteiger partial charge in [-0.1, -0.05) is 48.9 Å². The van der Waals surface area contributed by atoms with E-state index in [1.165, 1.54) is 8.61 Å². The van der Waals surface area contributed by atoms with Crippen LogP contribution in [0.3, 0.4) is 0 Å². The van der Waals surface area contributed by atoms with Gasteiger partial charge in [-0.25, -0.2) is 16.8 Å². The highest BCUT2D eigenvalue weighted by Crippen LogP contribution is 2.22. The van der Waals surface area contributed by atoms with Gasteiger partial charge in [-0.2, -0.15) is 8.61 Å². The molecule has 1 aliphatic rings. The lowest BCUT2D eigenvalue weighted by Crippen LogP contribution is -2.41. The minimum atomic E-state index is -3.75. The molecule has 0 aliphatic carbocycles. The van der Waals surface area contributed by atoms with E-state index in [-0.39, 0.29) is 22.9 Å². The van der Waals surface area contributed by atoms with Crippen LogP contribution in [-0.2, 0) is 20.0 Å². The van der Waals surface area contributed by atoms with Crippen LogP contribution in [0.15, 0.2) is 70.5 Å². The van der Waals surface area contributed by atoms with Crippen LogP contribution in [0.4, 0.5) is 0 Å². The number of sulfonamides is 2. The van der Waals surface area contributed by atoms with Crippen molar-refractivity contribution in [1.82, 2.24) is 13.5 Å². The van der Waals surface area contributed by atoms with E-state index in [1.807, 2.05) is 13.8 Å². The van der Waals surface area contributed by atoms with Crippen molar-refractivity contribution in [3.63, 3.8) is 0 Å². The largest absolute Gasteiger partial charge is 0.304 e. The molecule has 2 aromatic carbocycles. The van der Waals surface area contributed by atoms with Gasteiger partial charge in [0.25, 0.3) is 0 Å². The van der Waals surface area contributed by atoms with Crippen LogP contribution in [0.5, 0.6) is 0 Å². The van der Waals surface area contributed by atoms with Crippen LogP contribution in [-0.4, -0.2) is 76.2 Å². The van der Waals surface area contributed by atoms with Crippen LogP contribution in [0.25, 0.3) is 0 Å². The molecule has 1 fully saturated rings. The molecule has 2 aromatic rings. The molecule has 0 unspecified atom stereocenters. The Balaban J connectivity index is 1.91. The molecule has 9 heteroatoms. The lowest BCUT2D eigenvalue weighted by atomic mass is 10.2. The zero-order valence-electron chi connectivity index (χ0n) is 21.0. The SMILES string of the molecule is C=C1CN(S(=O)(=O)c2ccc(C)cc2)CCCN(CC)CCCN(S(=O)(=O)c2ccc(C)cc2)C1. The molecule has 0 saturated carbocycles. The van der Waals surface area contributed by atoms with Crippen molar-refractivity contribution < 1.29 is 16.8 Å². The Morgan fingerprint density at radius 2 is 1.06 bits per heavy atom. The van der Waals surface area contributed by atoms with Crippen molar-refractivity contribution in [2.75, 3.05) is 45.8 Å². The second kappa shape index (κ2) is 11.8. The quantitative estimate of drug-likeness (QED) is 0.564. The Kier molecular flexibility index (Phi) is 9.28. The fraction of sp³-hybridized carbons (Fsp3) is 0.462. The third kappa shape index (κ3) is 7.01. The minimum Gasteiger partial charge on any atom is -0.304 e. The zero-order valence-corrected chi connectivity index (χ0v) is 22.6. The zero-order chi connectivity index (χ0) is 25.6. The van der Waals surface area contributed by atoms with Crippen molar-refractivity contribution in [2.45, 2.75) is 43.4 Å². The van der Waals surface area contributed by atoms with Gasteiger partial charge in [0.2, 0.25) is 20.0 Å². The summed E-state index contributed by atoms with van der Waals surface area (Å²) in [7, 11) is -7.50. The summed E-state index contributed by atoms with van der Waals surface area (Å²) in [6.07, 6.45) is 1.38. The molecule has 0 amide bonds. The molecule has 192 valence electrons. The van der Waals surface area contributed by atoms with E-state index in [0.717, 1.165) is 30.8 Å². The standard InChI is InChI=1S/C26H37N3O4S2/c1-5-27-16-6-18-28(34(30,31)25-12-8-22(2)9-13-25)20-24(4)21-29(19-7-17-27)35(32,33)26-14-10-23(3)11-15-26/h8-15H,4-7,16-21H2,1-3H3. The monoisotopic (exact) mass is 519 g/mol. The summed E-state index contributed by atoms with van der Waals surface area (Å²) in [5.74, 6) is 0. The van der Waals surface area contributed by atoms with Crippen molar-refractivity contribution >= 4 is 20.0 Å². The molecule has 0 bridgehead atoms. The average molecular weight is 520 g/mol. The van der Waals surface area contributed by atoms with Gasteiger partial charge in [-0.3, -0.25) is 0 Å². The van der Waals surface area contributed by atoms with Crippen LogP contribution >= 0.6 is 0 Å². The molecule has 1 aliphatic heterocycles. The van der Waals surface area contributed by atoms with E-state index in [9.17, 15) is 16.8 Å². The van der Waals surface area contributed by atoms with Gasteiger partial charge >= 0.3 is 0 Å². The Bertz CT molecular complexity index is 1110. The molecule has 35 heavy (non-hydrogen) atoms. The van der Waals surface area contributed by atoms with E-state index >= 15 is 0 Å². The van der Waals surface area contributed by atoms with Crippen LogP contribution in [0.2, 0.25) is 0 Å². The van der Waals surface area contributed by atoms with Gasteiger partial charge < -0.3 is 4.90 Å². The summed E-state index contributed by atoms with van der Waals surface area (Å²) in [5, 5.41) is 0. The second-order valence-corrected chi connectivity index (χ2v) is 13.1. The van der Waals surface area contributed by atoms with E-state index in [0.29, 0.717) is 31.5 Å². The molecule has 0 N–H and O–H groups in total. The summed E-state index contributed by atoms with van der Waals surface area (Å²) in [6, 6.07) is 13.6. The molecule has 1 saturated heterocycles. The van der Waals surface area contributed by atoms with Gasteiger partial charge in [0, 0.05) is 26.2 Å². The molecule has 0 atom stereocenters. The molecule has 0 radical (unpaired) electrons. The highest BCUT2D eigenvalue weighted by molar-refractivity contribution is 7.89. The number of aryl methyl sites for hydroxylation is 2. The van der Waals surface area contributed by atoms with Gasteiger partial charge in [-0.15, -0.1) is 0 Å². The second-order valence-electron chi connectivity index (χ2n) is 9.19. The summed E-state index contributed by atoms with van der Waals surface area (Å²) < 4.78 is 56.8. The van der Waals surface area contributed by atoms with E-state index in [1.54, 1.807) is 48.5 Å². The number of rotatable bonds is 5. The maximum absolute atomic E-state index is 13.5. The number of benzene rings is 2. The number of nitrogens with zero attached hydrogens (tertiary/aromatic N) is 3. The summed E-state index contributed by atoms with van der Waals surface area (Å²) in [4.78, 5) is 2.71. The topological polar surface area (TPSA) is 78.0 Å². The first-order valence-electron chi connectivity index (χ1n) is 12.1. The Hall–Kier alpha value is -2.04. The predicted octanol–water partition coefficient (Wildman–Crippen LogP) is 3.66. The minimum absolute atomic E-state index is 0.0717. The van der Waals surface area contributed by atoms with Gasteiger partial charge in [0.15, 0.2) is 0 Å². The Morgan fingerprint density at radius 3 is 1.40 bits per heavy atom. The molecular weight excluding hydrogens is 482 g/mol. The third-order valence-corrected chi connectivity index (χ3v) is 10.0. The smallest absolute Gasteiger partial charge is 0.243 e. The van der Waals surface area contributed by atoms with E-state index in [2.05, 4.69) is 18.4 Å². The summed E-state index contributed by atoms with van der Waals surface area (Å²) in [6.45, 7) is 13.1. The van der Waals surface area contributed by atoms with Crippen molar-refractivity contribution in [1.29, 1.82) is 0 Å². The lowest BCUT2D eigenvalue weighted by molar-refractivity contribution is 0.255. The number of hydrogen-bond acceptors (Lipinski definition) is 5. The van der Waals surface area contributed by atoms with Crippen molar-refractivity contribution in [3.05, 3.63) is 71.8 Å². The maximum atomic E-state index is 13.5. The summed E-state index contributed by atoms with van der Waals surface area (Å²) >= 11 is 0. The van der Waals surface area contributed by atoms with Crippen LogP contribution in [0.1, 0.15) is 30.9 Å². The normalized spacial score (nSPS) is 18.7. The van der Waals surface area contributed by atoms with E-state index in [4.69, 9.17) is 0 Å². The van der Waals surface area contributed by atoms with Crippen LogP contribution < -0.4 is 0 Å². The fourth-order valence-corrected chi connectivity index (χ4v) is 7.21. The maximum Gasteiger partial charge on any atom is 0.243 e. The lowest BCUT2D eigenvalue weighted by Gasteiger charge is -2.30. The first-order chi connectivity index (χ1) is 16.5. The predicted molar refractivity (Wildman–Crippen MR) is 140 cm³/mol. The highest BCUT2D eigenvalue weighted by Gasteiger charge is 2.29. The highest BCUT2D eigenvalue weighted by atomic mass is 32.2. The number of hydrogen-bond donors (Lipinski definition) is 0. The molecule has 0 spiro atoms. The molecule has 7 nitrogen and oxygen atoms in total. The molecular formula is C26H37N3O4S2. The fourth-order valence-electron chi connectivity index (χ4n) is 4.21. The molecule has 3 rings (SSSR count). The molecule has 0 aromatic heterocycles. The van der Waals surface area contributed by atoms with Gasteiger partial charge in [-0.05, 0) is 76.2 Å². The Morgan fingerprint density at radius 1 is 0.686 bits per heavy atom. The Labute approximate surface area is 211 Å². The summed E-state index contributed by atoms with van der Waals surface area (Å²) in [5.41, 5.74) is 2.51. The first-order valence-corrected chi connectivity index (χ1v) is 14.9.